The maximum atomic E-state index is 5.78. The summed E-state index contributed by atoms with van der Waals surface area (Å²) in [6.07, 6.45) is 3.27. The lowest BCUT2D eigenvalue weighted by Gasteiger charge is -2.04. The molecule has 0 saturated carbocycles. The molecule has 14 heavy (non-hydrogen) atoms. The quantitative estimate of drug-likeness (QED) is 0.803. The van der Waals surface area contributed by atoms with Crippen LogP contribution in [-0.2, 0) is 13.6 Å². The van der Waals surface area contributed by atoms with Crippen LogP contribution in [0.3, 0.4) is 0 Å². The third kappa shape index (κ3) is 1.46. The molecule has 0 radical (unpaired) electrons. The van der Waals surface area contributed by atoms with Crippen molar-refractivity contribution < 1.29 is 0 Å². The van der Waals surface area contributed by atoms with Crippen LogP contribution in [0.5, 0.6) is 0 Å². The molecule has 0 aliphatic heterocycles. The third-order valence-corrected chi connectivity index (χ3v) is 2.36. The van der Waals surface area contributed by atoms with E-state index in [1.165, 1.54) is 6.20 Å². The number of halogens is 1. The number of nitrogen functional groups attached to an aromatic ring is 1. The highest BCUT2D eigenvalue weighted by atomic mass is 35.5. The second kappa shape index (κ2) is 3.34. The minimum atomic E-state index is 0.479. The summed E-state index contributed by atoms with van der Waals surface area (Å²) >= 11 is 5.78. The summed E-state index contributed by atoms with van der Waals surface area (Å²) < 4.78 is 3.41. The van der Waals surface area contributed by atoms with E-state index in [1.54, 1.807) is 15.6 Å². The lowest BCUT2D eigenvalue weighted by molar-refractivity contribution is 0.626. The third-order valence-electron chi connectivity index (χ3n) is 2.07. The molecule has 2 aromatic rings. The van der Waals surface area contributed by atoms with Crippen molar-refractivity contribution >= 4 is 17.4 Å². The van der Waals surface area contributed by atoms with Gasteiger partial charge in [-0.3, -0.25) is 4.68 Å². The molecule has 2 N–H and O–H groups in total. The van der Waals surface area contributed by atoms with E-state index in [4.69, 9.17) is 17.3 Å². The molecule has 0 fully saturated rings. The minimum Gasteiger partial charge on any atom is -0.383 e. The Hall–Kier alpha value is -1.49. The molecule has 6 heteroatoms. The van der Waals surface area contributed by atoms with E-state index in [2.05, 4.69) is 10.2 Å². The van der Waals surface area contributed by atoms with E-state index >= 15 is 0 Å². The van der Waals surface area contributed by atoms with Crippen LogP contribution in [-0.4, -0.2) is 19.6 Å². The highest BCUT2D eigenvalue weighted by Crippen LogP contribution is 2.17. The van der Waals surface area contributed by atoms with Gasteiger partial charge in [-0.1, -0.05) is 11.6 Å². The fourth-order valence-corrected chi connectivity index (χ4v) is 1.35. The molecule has 2 rings (SSSR count). The average molecular weight is 212 g/mol. The van der Waals surface area contributed by atoms with Gasteiger partial charge in [-0.05, 0) is 6.07 Å². The van der Waals surface area contributed by atoms with E-state index in [0.717, 1.165) is 5.69 Å². The number of nitrogens with two attached hydrogens (primary N) is 1. The summed E-state index contributed by atoms with van der Waals surface area (Å²) in [6.45, 7) is 0.578. The summed E-state index contributed by atoms with van der Waals surface area (Å²) in [5, 5.41) is 8.58. The summed E-state index contributed by atoms with van der Waals surface area (Å²) in [7, 11) is 1.87. The first-order valence-corrected chi connectivity index (χ1v) is 4.50. The first kappa shape index (κ1) is 9.08. The largest absolute Gasteiger partial charge is 0.383 e. The molecule has 5 nitrogen and oxygen atoms in total. The molecular weight excluding hydrogens is 202 g/mol. The number of aryl methyl sites for hydroxylation is 1. The maximum Gasteiger partial charge on any atom is 0.141 e. The van der Waals surface area contributed by atoms with Gasteiger partial charge in [0.1, 0.15) is 10.8 Å². The van der Waals surface area contributed by atoms with Gasteiger partial charge in [-0.15, -0.1) is 0 Å². The predicted molar refractivity (Wildman–Crippen MR) is 54.0 cm³/mol. The van der Waals surface area contributed by atoms with Crippen molar-refractivity contribution in [1.29, 1.82) is 0 Å². The molecule has 74 valence electrons. The molecule has 0 aliphatic rings. The minimum absolute atomic E-state index is 0.479. The van der Waals surface area contributed by atoms with Crippen LogP contribution in [0.4, 0.5) is 5.82 Å². The van der Waals surface area contributed by atoms with Crippen LogP contribution < -0.4 is 5.73 Å². The topological polar surface area (TPSA) is 61.7 Å². The smallest absolute Gasteiger partial charge is 0.141 e. The zero-order valence-corrected chi connectivity index (χ0v) is 8.44. The van der Waals surface area contributed by atoms with Crippen molar-refractivity contribution in [3.8, 4) is 0 Å². The van der Waals surface area contributed by atoms with Gasteiger partial charge in [0.05, 0.1) is 18.4 Å². The standard InChI is InChI=1S/C8H10ClN5/c1-13-6(2-3-11-13)5-14-8(10)7(9)4-12-14/h2-4H,5,10H2,1H3. The molecule has 2 heterocycles. The Bertz CT molecular complexity index is 444. The highest BCUT2D eigenvalue weighted by Gasteiger charge is 2.06. The summed E-state index contributed by atoms with van der Waals surface area (Å²) in [5.74, 6) is 0.480. The number of nitrogens with zero attached hydrogens (tertiary/aromatic N) is 4. The molecule has 0 aromatic carbocycles. The maximum absolute atomic E-state index is 5.78. The average Bonchev–Trinajstić information content (AvgIpc) is 2.68. The fraction of sp³-hybridized carbons (Fsp3) is 0.250. The van der Waals surface area contributed by atoms with Crippen LogP contribution in [0, 0.1) is 0 Å². The van der Waals surface area contributed by atoms with Crippen molar-refractivity contribution in [3.63, 3.8) is 0 Å². The first-order chi connectivity index (χ1) is 6.68. The monoisotopic (exact) mass is 211 g/mol. The van der Waals surface area contributed by atoms with Gasteiger partial charge in [0.25, 0.3) is 0 Å². The molecule has 0 aliphatic carbocycles. The zero-order chi connectivity index (χ0) is 10.1. The van der Waals surface area contributed by atoms with E-state index in [1.807, 2.05) is 13.1 Å². The summed E-state index contributed by atoms with van der Waals surface area (Å²) in [6, 6.07) is 1.91. The Labute approximate surface area is 86.1 Å². The van der Waals surface area contributed by atoms with Crippen molar-refractivity contribution in [2.24, 2.45) is 7.05 Å². The highest BCUT2D eigenvalue weighted by molar-refractivity contribution is 6.32. The predicted octanol–water partition coefficient (Wildman–Crippen LogP) is 0.900. The Morgan fingerprint density at radius 1 is 1.50 bits per heavy atom. The van der Waals surface area contributed by atoms with E-state index in [-0.39, 0.29) is 0 Å². The molecule has 0 spiro atoms. The second-order valence-corrected chi connectivity index (χ2v) is 3.39. The Morgan fingerprint density at radius 2 is 2.29 bits per heavy atom. The molecule has 0 unspecified atom stereocenters. The number of hydrogen-bond donors (Lipinski definition) is 1. The first-order valence-electron chi connectivity index (χ1n) is 4.12. The van der Waals surface area contributed by atoms with Crippen molar-refractivity contribution in [1.82, 2.24) is 19.6 Å². The van der Waals surface area contributed by atoms with Crippen molar-refractivity contribution in [2.75, 3.05) is 5.73 Å². The Morgan fingerprint density at radius 3 is 2.79 bits per heavy atom. The van der Waals surface area contributed by atoms with Crippen molar-refractivity contribution in [2.45, 2.75) is 6.54 Å². The van der Waals surface area contributed by atoms with Gasteiger partial charge in [0.2, 0.25) is 0 Å². The summed E-state index contributed by atoms with van der Waals surface area (Å²) in [4.78, 5) is 0. The molecule has 0 atom stereocenters. The van der Waals surface area contributed by atoms with Gasteiger partial charge >= 0.3 is 0 Å². The molecule has 0 bridgehead atoms. The number of anilines is 1. The van der Waals surface area contributed by atoms with Gasteiger partial charge in [-0.2, -0.15) is 10.2 Å². The van der Waals surface area contributed by atoms with Crippen LogP contribution in [0.25, 0.3) is 0 Å². The van der Waals surface area contributed by atoms with Gasteiger partial charge < -0.3 is 5.73 Å². The second-order valence-electron chi connectivity index (χ2n) is 2.98. The van der Waals surface area contributed by atoms with E-state index in [9.17, 15) is 0 Å². The number of hydrogen-bond acceptors (Lipinski definition) is 3. The molecule has 0 amide bonds. The molecular formula is C8H10ClN5. The zero-order valence-electron chi connectivity index (χ0n) is 7.68. The lowest BCUT2D eigenvalue weighted by atomic mass is 10.4. The fourth-order valence-electron chi connectivity index (χ4n) is 1.21. The van der Waals surface area contributed by atoms with E-state index in [0.29, 0.717) is 17.4 Å². The molecule has 2 aromatic heterocycles. The van der Waals surface area contributed by atoms with Crippen LogP contribution in [0.15, 0.2) is 18.5 Å². The van der Waals surface area contributed by atoms with Crippen LogP contribution in [0.1, 0.15) is 5.69 Å². The van der Waals surface area contributed by atoms with Gasteiger partial charge in [0, 0.05) is 13.2 Å². The summed E-state index contributed by atoms with van der Waals surface area (Å²) in [5.41, 5.74) is 6.73. The number of aromatic nitrogens is 4. The normalized spacial score (nSPS) is 10.7. The lowest BCUT2D eigenvalue weighted by Crippen LogP contribution is -2.09. The Balaban J connectivity index is 2.27. The van der Waals surface area contributed by atoms with E-state index < -0.39 is 0 Å². The number of rotatable bonds is 2. The van der Waals surface area contributed by atoms with Crippen molar-refractivity contribution in [3.05, 3.63) is 29.2 Å². The van der Waals surface area contributed by atoms with Gasteiger partial charge in [0.15, 0.2) is 0 Å². The Kier molecular flexibility index (Phi) is 2.17. The molecule has 0 saturated heterocycles. The van der Waals surface area contributed by atoms with Gasteiger partial charge in [-0.25, -0.2) is 4.68 Å². The SMILES string of the molecule is Cn1nccc1Cn1ncc(Cl)c1N. The van der Waals surface area contributed by atoms with Crippen LogP contribution in [0.2, 0.25) is 5.02 Å². The van der Waals surface area contributed by atoms with Crippen LogP contribution >= 0.6 is 11.6 Å².